The Morgan fingerprint density at radius 2 is 1.07 bits per heavy atom. The molecule has 0 spiro atoms. The minimum atomic E-state index is 0.894. The van der Waals surface area contributed by atoms with Crippen LogP contribution in [0.4, 0.5) is 0 Å². The molecule has 0 fully saturated rings. The minimum Gasteiger partial charge on any atom is -0.464 e. The first-order chi connectivity index (χ1) is 13.7. The number of benzene rings is 3. The van der Waals surface area contributed by atoms with E-state index >= 15 is 0 Å². The molecule has 2 heteroatoms. The third-order valence-electron chi connectivity index (χ3n) is 4.80. The molecular weight excluding hydrogens is 344 g/mol. The second-order valence-electron chi connectivity index (χ2n) is 7.31. The maximum atomic E-state index is 6.17. The zero-order valence-electron chi connectivity index (χ0n) is 17.4. The Balaban J connectivity index is 2.24. The van der Waals surface area contributed by atoms with Gasteiger partial charge in [0.05, 0.1) is 12.5 Å². The third-order valence-corrected chi connectivity index (χ3v) is 4.80. The van der Waals surface area contributed by atoms with Gasteiger partial charge in [-0.1, -0.05) is 62.1 Å². The second-order valence-corrected chi connectivity index (χ2v) is 7.31. The zero-order chi connectivity index (χ0) is 19.9. The average molecular weight is 375 g/mol. The lowest BCUT2D eigenvalue weighted by molar-refractivity contribution is 0.481. The molecule has 0 heterocycles. The lowest BCUT2D eigenvalue weighted by atomic mass is 9.98. The van der Waals surface area contributed by atoms with E-state index in [0.717, 1.165) is 58.7 Å². The first-order valence-corrected chi connectivity index (χ1v) is 10.3. The van der Waals surface area contributed by atoms with Gasteiger partial charge in [-0.15, -0.1) is 0 Å². The molecule has 0 saturated heterocycles. The van der Waals surface area contributed by atoms with Crippen molar-refractivity contribution in [2.75, 3.05) is 0 Å². The van der Waals surface area contributed by atoms with E-state index < -0.39 is 0 Å². The summed E-state index contributed by atoms with van der Waals surface area (Å²) in [7, 11) is 0. The van der Waals surface area contributed by atoms with E-state index in [-0.39, 0.29) is 0 Å². The normalized spacial score (nSPS) is 11.9. The summed E-state index contributed by atoms with van der Waals surface area (Å²) in [4.78, 5) is 0. The molecule has 0 saturated carbocycles. The van der Waals surface area contributed by atoms with Crippen LogP contribution in [-0.2, 0) is 0 Å². The summed E-state index contributed by atoms with van der Waals surface area (Å²) in [6, 6.07) is 12.9. The van der Waals surface area contributed by atoms with Gasteiger partial charge in [-0.05, 0) is 51.0 Å². The maximum absolute atomic E-state index is 6.17. The van der Waals surface area contributed by atoms with Crippen LogP contribution in [0.5, 0.6) is 11.5 Å². The molecule has 0 aliphatic heterocycles. The van der Waals surface area contributed by atoms with Crippen molar-refractivity contribution in [1.82, 2.24) is 0 Å². The first kappa shape index (κ1) is 20.0. The van der Waals surface area contributed by atoms with Crippen LogP contribution < -0.4 is 9.47 Å². The Kier molecular flexibility index (Phi) is 6.76. The average Bonchev–Trinajstić information content (AvgIpc) is 2.69. The summed E-state index contributed by atoms with van der Waals surface area (Å²) in [5, 5.41) is 4.31. The van der Waals surface area contributed by atoms with Gasteiger partial charge in [-0.25, -0.2) is 0 Å². The number of rotatable bonds is 8. The predicted molar refractivity (Wildman–Crippen MR) is 120 cm³/mol. The fourth-order valence-corrected chi connectivity index (χ4v) is 3.33. The van der Waals surface area contributed by atoms with Gasteiger partial charge in [0.2, 0.25) is 0 Å². The van der Waals surface area contributed by atoms with E-state index in [1.165, 1.54) is 11.1 Å². The van der Waals surface area contributed by atoms with Crippen LogP contribution in [-0.4, -0.2) is 0 Å². The van der Waals surface area contributed by atoms with E-state index in [9.17, 15) is 0 Å². The Labute approximate surface area is 168 Å². The maximum Gasteiger partial charge on any atom is 0.142 e. The van der Waals surface area contributed by atoms with Gasteiger partial charge in [-0.3, -0.25) is 0 Å². The van der Waals surface area contributed by atoms with E-state index in [1.807, 2.05) is 12.5 Å². The van der Waals surface area contributed by atoms with Crippen molar-refractivity contribution in [2.45, 2.75) is 53.4 Å². The summed E-state index contributed by atoms with van der Waals surface area (Å²) in [5.74, 6) is 1.79. The molecule has 0 amide bonds. The Morgan fingerprint density at radius 3 is 1.46 bits per heavy atom. The summed E-state index contributed by atoms with van der Waals surface area (Å²) in [5.41, 5.74) is 2.41. The highest BCUT2D eigenvalue weighted by molar-refractivity contribution is 6.11. The fraction of sp³-hybridized carbons (Fsp3) is 0.308. The molecule has 28 heavy (non-hydrogen) atoms. The lowest BCUT2D eigenvalue weighted by Crippen LogP contribution is -1.93. The molecule has 0 unspecified atom stereocenters. The number of unbranched alkanes of at least 4 members (excludes halogenated alkanes) is 2. The smallest absolute Gasteiger partial charge is 0.142 e. The van der Waals surface area contributed by atoms with Gasteiger partial charge in [0.1, 0.15) is 11.5 Å². The number of hydrogen-bond acceptors (Lipinski definition) is 2. The number of hydrogen-bond donors (Lipinski definition) is 0. The quantitative estimate of drug-likeness (QED) is 0.294. The van der Waals surface area contributed by atoms with Crippen LogP contribution in [0.25, 0.3) is 21.5 Å². The van der Waals surface area contributed by atoms with Crippen LogP contribution in [0.1, 0.15) is 50.7 Å². The van der Waals surface area contributed by atoms with Crippen molar-refractivity contribution < 1.29 is 9.47 Å². The Hall–Kier alpha value is -2.74. The fourth-order valence-electron chi connectivity index (χ4n) is 3.33. The first-order valence-electron chi connectivity index (χ1n) is 10.3. The Bertz CT molecular complexity index is 929. The van der Waals surface area contributed by atoms with Crippen molar-refractivity contribution in [3.05, 3.63) is 72.2 Å². The summed E-state index contributed by atoms with van der Waals surface area (Å²) in [6.45, 7) is 8.55. The minimum absolute atomic E-state index is 0.894. The molecule has 0 radical (unpaired) electrons. The highest BCUT2D eigenvalue weighted by atomic mass is 16.5. The van der Waals surface area contributed by atoms with Crippen LogP contribution in [0.2, 0.25) is 0 Å². The van der Waals surface area contributed by atoms with Crippen LogP contribution in [0, 0.1) is 13.8 Å². The highest BCUT2D eigenvalue weighted by Gasteiger charge is 2.16. The highest BCUT2D eigenvalue weighted by Crippen LogP contribution is 2.43. The topological polar surface area (TPSA) is 18.5 Å². The number of ether oxygens (including phenoxy) is 2. The van der Waals surface area contributed by atoms with Crippen molar-refractivity contribution in [2.24, 2.45) is 0 Å². The van der Waals surface area contributed by atoms with Crippen molar-refractivity contribution in [1.29, 1.82) is 0 Å². The van der Waals surface area contributed by atoms with E-state index in [4.69, 9.17) is 9.47 Å². The van der Waals surface area contributed by atoms with E-state index in [2.05, 4.69) is 76.2 Å². The van der Waals surface area contributed by atoms with Crippen molar-refractivity contribution >= 4 is 21.5 Å². The SMILES string of the molecule is CCC/C=C/Oc1c2ccc(C)cc2c(O/C=C/CCC)c2ccc(C)cc12. The number of aryl methyl sites for hydroxylation is 2. The molecule has 2 nitrogen and oxygen atoms in total. The van der Waals surface area contributed by atoms with E-state index in [0.29, 0.717) is 0 Å². The summed E-state index contributed by atoms with van der Waals surface area (Å²) < 4.78 is 12.3. The molecule has 0 aromatic heterocycles. The zero-order valence-corrected chi connectivity index (χ0v) is 17.4. The second kappa shape index (κ2) is 9.45. The van der Waals surface area contributed by atoms with Gasteiger partial charge < -0.3 is 9.47 Å². The number of fused-ring (bicyclic) bond motifs is 2. The molecule has 0 aliphatic carbocycles. The van der Waals surface area contributed by atoms with Gasteiger partial charge in [-0.2, -0.15) is 0 Å². The number of allylic oxidation sites excluding steroid dienone is 2. The largest absolute Gasteiger partial charge is 0.464 e. The Morgan fingerprint density at radius 1 is 0.643 bits per heavy atom. The van der Waals surface area contributed by atoms with Crippen LogP contribution in [0.15, 0.2) is 61.1 Å². The van der Waals surface area contributed by atoms with Crippen LogP contribution in [0.3, 0.4) is 0 Å². The molecule has 146 valence electrons. The molecule has 0 atom stereocenters. The monoisotopic (exact) mass is 374 g/mol. The van der Waals surface area contributed by atoms with Crippen molar-refractivity contribution in [3.63, 3.8) is 0 Å². The lowest BCUT2D eigenvalue weighted by Gasteiger charge is -2.16. The van der Waals surface area contributed by atoms with Gasteiger partial charge in [0.15, 0.2) is 0 Å². The molecular formula is C26H30O2. The summed E-state index contributed by atoms with van der Waals surface area (Å²) >= 11 is 0. The molecule has 0 bridgehead atoms. The predicted octanol–water partition coefficient (Wildman–Crippen LogP) is 8.00. The molecule has 0 N–H and O–H groups in total. The molecule has 3 aromatic carbocycles. The van der Waals surface area contributed by atoms with Crippen LogP contribution >= 0.6 is 0 Å². The summed E-state index contributed by atoms with van der Waals surface area (Å²) in [6.07, 6.45) is 12.0. The molecule has 3 rings (SSSR count). The van der Waals surface area contributed by atoms with E-state index in [1.54, 1.807) is 0 Å². The molecule has 0 aliphatic rings. The van der Waals surface area contributed by atoms with Gasteiger partial charge >= 0.3 is 0 Å². The third kappa shape index (κ3) is 4.39. The van der Waals surface area contributed by atoms with Crippen molar-refractivity contribution in [3.8, 4) is 11.5 Å². The molecule has 3 aromatic rings. The standard InChI is InChI=1S/C26H30O2/c1-5-7-9-15-27-25-21-13-11-20(4)18-24(21)26(28-16-10-8-6-2)22-14-12-19(3)17-23(22)25/h9-18H,5-8H2,1-4H3/b15-9+,16-10+. The van der Waals surface area contributed by atoms with Gasteiger partial charge in [0, 0.05) is 21.5 Å². The van der Waals surface area contributed by atoms with Gasteiger partial charge in [0.25, 0.3) is 0 Å².